The van der Waals surface area contributed by atoms with Crippen molar-refractivity contribution in [2.45, 2.75) is 18.4 Å². The minimum atomic E-state index is -0.979. The summed E-state index contributed by atoms with van der Waals surface area (Å²) in [6.45, 7) is 0.445. The van der Waals surface area contributed by atoms with Crippen LogP contribution in [0.1, 0.15) is 17.9 Å². The number of aliphatic carboxylic acids is 1. The molecule has 0 saturated carbocycles. The zero-order chi connectivity index (χ0) is 19.1. The molecule has 27 heavy (non-hydrogen) atoms. The lowest BCUT2D eigenvalue weighted by molar-refractivity contribution is -0.138. The molecule has 2 heterocycles. The molecule has 2 aliphatic rings. The molecule has 0 aromatic heterocycles. The van der Waals surface area contributed by atoms with Crippen LogP contribution in [0.25, 0.3) is 0 Å². The number of carboxylic acid groups (broad SMARTS) is 1. The van der Waals surface area contributed by atoms with Gasteiger partial charge in [-0.2, -0.15) is 0 Å². The average Bonchev–Trinajstić information content (AvgIpc) is 3.02. The van der Waals surface area contributed by atoms with Gasteiger partial charge >= 0.3 is 5.97 Å². The van der Waals surface area contributed by atoms with E-state index in [1.165, 1.54) is 0 Å². The molecule has 5 nitrogen and oxygen atoms in total. The van der Waals surface area contributed by atoms with Crippen molar-refractivity contribution in [3.8, 4) is 0 Å². The molecular formula is C20H16Cl2N2O3. The Labute approximate surface area is 166 Å². The molecule has 0 saturated heterocycles. The summed E-state index contributed by atoms with van der Waals surface area (Å²) in [6.07, 6.45) is 2.10. The molecule has 7 heteroatoms. The Hall–Kier alpha value is -2.50. The molecule has 0 spiro atoms. The largest absolute Gasteiger partial charge is 0.480 e. The van der Waals surface area contributed by atoms with E-state index in [0.29, 0.717) is 33.4 Å². The zero-order valence-corrected chi connectivity index (χ0v) is 15.7. The first-order valence-corrected chi connectivity index (χ1v) is 9.26. The van der Waals surface area contributed by atoms with Gasteiger partial charge in [-0.3, -0.25) is 4.79 Å². The van der Waals surface area contributed by atoms with Crippen LogP contribution < -0.4 is 10.2 Å². The summed E-state index contributed by atoms with van der Waals surface area (Å²) in [7, 11) is 0. The number of hydrogen-bond acceptors (Lipinski definition) is 3. The van der Waals surface area contributed by atoms with E-state index >= 15 is 0 Å². The molecule has 2 aromatic carbocycles. The van der Waals surface area contributed by atoms with Crippen LogP contribution in [0.5, 0.6) is 0 Å². The number of nitrogens with zero attached hydrogens (tertiary/aromatic N) is 1. The van der Waals surface area contributed by atoms with Crippen LogP contribution in [0.4, 0.5) is 11.4 Å². The van der Waals surface area contributed by atoms with Crippen LogP contribution in [0.3, 0.4) is 0 Å². The van der Waals surface area contributed by atoms with Crippen LogP contribution in [0.2, 0.25) is 10.0 Å². The first-order valence-electron chi connectivity index (χ1n) is 8.51. The second-order valence-corrected chi connectivity index (χ2v) is 7.43. The molecule has 2 unspecified atom stereocenters. The number of carbonyl (C=O) groups excluding carboxylic acids is 1. The maximum Gasteiger partial charge on any atom is 0.326 e. The van der Waals surface area contributed by atoms with Crippen molar-refractivity contribution in [3.05, 3.63) is 69.7 Å². The second kappa shape index (κ2) is 6.91. The van der Waals surface area contributed by atoms with Gasteiger partial charge in [-0.1, -0.05) is 47.5 Å². The molecule has 1 amide bonds. The third-order valence-corrected chi connectivity index (χ3v) is 5.50. The summed E-state index contributed by atoms with van der Waals surface area (Å²) in [5.74, 6) is -1.52. The van der Waals surface area contributed by atoms with Crippen molar-refractivity contribution in [1.29, 1.82) is 0 Å². The van der Waals surface area contributed by atoms with Crippen molar-refractivity contribution >= 4 is 46.5 Å². The van der Waals surface area contributed by atoms with E-state index in [1.807, 2.05) is 36.4 Å². The Kier molecular flexibility index (Phi) is 4.58. The lowest BCUT2D eigenvalue weighted by Crippen LogP contribution is -2.37. The Morgan fingerprint density at radius 1 is 1.19 bits per heavy atom. The van der Waals surface area contributed by atoms with Gasteiger partial charge in [0.15, 0.2) is 0 Å². The highest BCUT2D eigenvalue weighted by atomic mass is 35.5. The fourth-order valence-corrected chi connectivity index (χ4v) is 4.37. The van der Waals surface area contributed by atoms with Gasteiger partial charge in [0.05, 0.1) is 0 Å². The quantitative estimate of drug-likeness (QED) is 0.801. The fourth-order valence-electron chi connectivity index (χ4n) is 3.74. The highest BCUT2D eigenvalue weighted by molar-refractivity contribution is 6.36. The van der Waals surface area contributed by atoms with E-state index in [9.17, 15) is 14.7 Å². The molecule has 2 atom stereocenters. The van der Waals surface area contributed by atoms with Crippen LogP contribution in [-0.4, -0.2) is 29.6 Å². The van der Waals surface area contributed by atoms with Crippen molar-refractivity contribution in [2.75, 3.05) is 16.8 Å². The molecule has 0 bridgehead atoms. The summed E-state index contributed by atoms with van der Waals surface area (Å²) in [4.78, 5) is 26.4. The van der Waals surface area contributed by atoms with Crippen molar-refractivity contribution in [2.24, 2.45) is 0 Å². The Balaban J connectivity index is 1.73. The smallest absolute Gasteiger partial charge is 0.326 e. The van der Waals surface area contributed by atoms with Crippen molar-refractivity contribution in [1.82, 2.24) is 0 Å². The third kappa shape index (κ3) is 3.17. The maximum absolute atomic E-state index is 13.1. The lowest BCUT2D eigenvalue weighted by Gasteiger charge is -2.32. The predicted molar refractivity (Wildman–Crippen MR) is 106 cm³/mol. The number of rotatable bonds is 3. The highest BCUT2D eigenvalue weighted by Gasteiger charge is 2.39. The summed E-state index contributed by atoms with van der Waals surface area (Å²) < 4.78 is 0. The van der Waals surface area contributed by atoms with E-state index in [0.717, 1.165) is 5.69 Å². The fraction of sp³-hybridized carbons (Fsp3) is 0.200. The van der Waals surface area contributed by atoms with Gasteiger partial charge in [-0.05, 0) is 30.7 Å². The maximum atomic E-state index is 13.1. The average molecular weight is 403 g/mol. The van der Waals surface area contributed by atoms with E-state index in [1.54, 1.807) is 17.0 Å². The van der Waals surface area contributed by atoms with Crippen molar-refractivity contribution < 1.29 is 14.7 Å². The standard InChI is InChI=1S/C20H16Cl2N2O3/c21-11-8-15(22)18-14(10-17(20(26)27)23-16(18)9-11)13-6-7-24(19(13)25)12-4-2-1-3-5-12/h1-6,8-9,14,17,23H,7,10H2,(H,26,27). The van der Waals surface area contributed by atoms with Crippen LogP contribution in [0, 0.1) is 0 Å². The Morgan fingerprint density at radius 3 is 2.63 bits per heavy atom. The minimum Gasteiger partial charge on any atom is -0.480 e. The monoisotopic (exact) mass is 402 g/mol. The number of fused-ring (bicyclic) bond motifs is 1. The molecule has 0 fully saturated rings. The second-order valence-electron chi connectivity index (χ2n) is 6.58. The van der Waals surface area contributed by atoms with Gasteiger partial charge in [0.25, 0.3) is 5.91 Å². The Morgan fingerprint density at radius 2 is 1.93 bits per heavy atom. The number of anilines is 2. The molecule has 138 valence electrons. The van der Waals surface area contributed by atoms with E-state index in [4.69, 9.17) is 23.2 Å². The third-order valence-electron chi connectivity index (χ3n) is 4.97. The molecule has 2 aliphatic heterocycles. The van der Waals surface area contributed by atoms with E-state index in [2.05, 4.69) is 5.32 Å². The summed E-state index contributed by atoms with van der Waals surface area (Å²) in [6, 6.07) is 11.8. The number of carbonyl (C=O) groups is 2. The number of amides is 1. The molecule has 2 N–H and O–H groups in total. The topological polar surface area (TPSA) is 69.6 Å². The number of benzene rings is 2. The summed E-state index contributed by atoms with van der Waals surface area (Å²) in [5.41, 5.74) is 2.65. The van der Waals surface area contributed by atoms with E-state index < -0.39 is 17.9 Å². The van der Waals surface area contributed by atoms with Crippen LogP contribution >= 0.6 is 23.2 Å². The number of para-hydroxylation sites is 1. The lowest BCUT2D eigenvalue weighted by atomic mass is 9.81. The van der Waals surface area contributed by atoms with E-state index in [-0.39, 0.29) is 12.3 Å². The SMILES string of the molecule is O=C(O)C1CC(C2=CCN(c3ccccc3)C2=O)c2c(Cl)cc(Cl)cc2N1. The molecule has 0 aliphatic carbocycles. The van der Waals surface area contributed by atoms with Gasteiger partial charge in [0, 0.05) is 45.0 Å². The number of carboxylic acids is 1. The highest BCUT2D eigenvalue weighted by Crippen LogP contribution is 2.45. The van der Waals surface area contributed by atoms with Gasteiger partial charge < -0.3 is 15.3 Å². The summed E-state index contributed by atoms with van der Waals surface area (Å²) in [5, 5.41) is 13.3. The molecule has 2 aromatic rings. The first kappa shape index (κ1) is 17.9. The van der Waals surface area contributed by atoms with Gasteiger partial charge in [-0.25, -0.2) is 4.79 Å². The predicted octanol–water partition coefficient (Wildman–Crippen LogP) is 4.32. The summed E-state index contributed by atoms with van der Waals surface area (Å²) >= 11 is 12.5. The number of nitrogens with one attached hydrogen (secondary N) is 1. The molecule has 0 radical (unpaired) electrons. The van der Waals surface area contributed by atoms with Gasteiger partial charge in [0.2, 0.25) is 0 Å². The van der Waals surface area contributed by atoms with Gasteiger partial charge in [-0.15, -0.1) is 0 Å². The zero-order valence-electron chi connectivity index (χ0n) is 14.2. The minimum absolute atomic E-state index is 0.130. The Bertz CT molecular complexity index is 959. The number of halogens is 2. The number of hydrogen-bond donors (Lipinski definition) is 2. The first-order chi connectivity index (χ1) is 13.0. The van der Waals surface area contributed by atoms with Gasteiger partial charge in [0.1, 0.15) is 6.04 Å². The molecule has 4 rings (SSSR count). The molecular weight excluding hydrogens is 387 g/mol. The normalized spacial score (nSPS) is 21.5. The van der Waals surface area contributed by atoms with Crippen LogP contribution in [0.15, 0.2) is 54.1 Å². The van der Waals surface area contributed by atoms with Crippen molar-refractivity contribution in [3.63, 3.8) is 0 Å². The van der Waals surface area contributed by atoms with Crippen LogP contribution in [-0.2, 0) is 9.59 Å².